The monoisotopic (exact) mass is 428 g/mol. The predicted molar refractivity (Wildman–Crippen MR) is 117 cm³/mol. The van der Waals surface area contributed by atoms with Gasteiger partial charge in [-0.05, 0) is 56.9 Å². The molecule has 1 fully saturated rings. The zero-order chi connectivity index (χ0) is 21.8. The van der Waals surface area contributed by atoms with Crippen molar-refractivity contribution in [3.05, 3.63) is 70.3 Å². The summed E-state index contributed by atoms with van der Waals surface area (Å²) in [4.78, 5) is 29.4. The highest BCUT2D eigenvalue weighted by Gasteiger charge is 2.45. The van der Waals surface area contributed by atoms with Gasteiger partial charge in [-0.25, -0.2) is 0 Å². The number of rotatable bonds is 7. The average molecular weight is 429 g/mol. The first-order valence-electron chi connectivity index (χ1n) is 9.66. The maximum atomic E-state index is 13.0. The first kappa shape index (κ1) is 21.9. The normalized spacial score (nSPS) is 18.3. The summed E-state index contributed by atoms with van der Waals surface area (Å²) in [5.74, 6) is -0.983. The molecule has 0 bridgehead atoms. The second kappa shape index (κ2) is 9.32. The number of carbonyl (C=O) groups excluding carboxylic acids is 2. The van der Waals surface area contributed by atoms with E-state index in [1.807, 2.05) is 19.0 Å². The van der Waals surface area contributed by atoms with Gasteiger partial charge in [0.2, 0.25) is 0 Å². The second-order valence-electron chi connectivity index (χ2n) is 7.43. The van der Waals surface area contributed by atoms with Gasteiger partial charge < -0.3 is 19.6 Å². The van der Waals surface area contributed by atoms with Crippen molar-refractivity contribution in [3.63, 3.8) is 0 Å². The molecule has 1 aliphatic heterocycles. The van der Waals surface area contributed by atoms with Crippen LogP contribution in [0.15, 0.2) is 54.1 Å². The molecule has 0 aromatic heterocycles. The van der Waals surface area contributed by atoms with Gasteiger partial charge in [0.05, 0.1) is 18.7 Å². The molecule has 1 amide bonds. The molecule has 0 aliphatic carbocycles. The fourth-order valence-electron chi connectivity index (χ4n) is 3.59. The van der Waals surface area contributed by atoms with Gasteiger partial charge >= 0.3 is 0 Å². The molecule has 1 atom stereocenters. The molecule has 0 spiro atoms. The molecule has 1 saturated heterocycles. The molecular weight excluding hydrogens is 404 g/mol. The molecule has 0 radical (unpaired) electrons. The largest absolute Gasteiger partial charge is 0.507 e. The topological polar surface area (TPSA) is 70.1 Å². The second-order valence-corrected chi connectivity index (χ2v) is 7.87. The van der Waals surface area contributed by atoms with Gasteiger partial charge in [0.15, 0.2) is 0 Å². The van der Waals surface area contributed by atoms with E-state index in [2.05, 4.69) is 0 Å². The molecule has 6 nitrogen and oxygen atoms in total. The number of hydrogen-bond donors (Lipinski definition) is 1. The van der Waals surface area contributed by atoms with Gasteiger partial charge in [0, 0.05) is 17.1 Å². The molecule has 1 aliphatic rings. The van der Waals surface area contributed by atoms with E-state index in [4.69, 9.17) is 16.3 Å². The van der Waals surface area contributed by atoms with Gasteiger partial charge in [0.25, 0.3) is 11.7 Å². The van der Waals surface area contributed by atoms with Gasteiger partial charge in [-0.15, -0.1) is 0 Å². The molecule has 2 aromatic rings. The number of nitrogens with zero attached hydrogens (tertiary/aromatic N) is 2. The van der Waals surface area contributed by atoms with Crippen LogP contribution in [0.3, 0.4) is 0 Å². The van der Waals surface area contributed by atoms with E-state index >= 15 is 0 Å². The van der Waals surface area contributed by atoms with Crippen molar-refractivity contribution in [3.8, 4) is 5.75 Å². The SMILES string of the molecule is COc1cccc(/C(O)=C2/C(=O)C(=O)N(CCCN(C)C)C2c2ccc(Cl)cc2)c1. The molecule has 1 N–H and O–H groups in total. The third-order valence-corrected chi connectivity index (χ3v) is 5.33. The first-order chi connectivity index (χ1) is 14.3. The lowest BCUT2D eigenvalue weighted by Crippen LogP contribution is -2.32. The summed E-state index contributed by atoms with van der Waals surface area (Å²) < 4.78 is 5.22. The van der Waals surface area contributed by atoms with Crippen molar-refractivity contribution >= 4 is 29.1 Å². The highest BCUT2D eigenvalue weighted by atomic mass is 35.5. The number of ether oxygens (including phenoxy) is 1. The minimum absolute atomic E-state index is 0.0698. The van der Waals surface area contributed by atoms with Crippen molar-refractivity contribution in [1.29, 1.82) is 0 Å². The van der Waals surface area contributed by atoms with Crippen molar-refractivity contribution < 1.29 is 19.4 Å². The lowest BCUT2D eigenvalue weighted by Gasteiger charge is -2.26. The summed E-state index contributed by atoms with van der Waals surface area (Å²) in [6.45, 7) is 1.16. The van der Waals surface area contributed by atoms with Crippen molar-refractivity contribution in [1.82, 2.24) is 9.80 Å². The number of aliphatic hydroxyl groups is 1. The van der Waals surface area contributed by atoms with Gasteiger partial charge in [-0.2, -0.15) is 0 Å². The van der Waals surface area contributed by atoms with Crippen molar-refractivity contribution in [2.45, 2.75) is 12.5 Å². The number of ketones is 1. The molecule has 7 heteroatoms. The van der Waals surface area contributed by atoms with Crippen LogP contribution < -0.4 is 4.74 Å². The first-order valence-corrected chi connectivity index (χ1v) is 10.0. The minimum Gasteiger partial charge on any atom is -0.507 e. The number of Topliss-reactive ketones (excluding diaryl/α,β-unsaturated/α-hetero) is 1. The predicted octanol–water partition coefficient (Wildman–Crippen LogP) is 3.72. The number of hydrogen-bond acceptors (Lipinski definition) is 5. The van der Waals surface area contributed by atoms with E-state index in [9.17, 15) is 14.7 Å². The van der Waals surface area contributed by atoms with E-state index in [1.165, 1.54) is 12.0 Å². The molecule has 1 unspecified atom stereocenters. The Labute approximate surface area is 181 Å². The molecule has 2 aromatic carbocycles. The third kappa shape index (κ3) is 4.50. The van der Waals surface area contributed by atoms with E-state index in [1.54, 1.807) is 48.5 Å². The minimum atomic E-state index is -0.694. The number of benzene rings is 2. The fraction of sp³-hybridized carbons (Fsp3) is 0.304. The van der Waals surface area contributed by atoms with Crippen LogP contribution in [0, 0.1) is 0 Å². The van der Waals surface area contributed by atoms with Gasteiger partial charge in [-0.3, -0.25) is 9.59 Å². The van der Waals surface area contributed by atoms with Crippen LogP contribution in [0.1, 0.15) is 23.6 Å². The fourth-order valence-corrected chi connectivity index (χ4v) is 3.71. The highest BCUT2D eigenvalue weighted by Crippen LogP contribution is 2.40. The van der Waals surface area contributed by atoms with E-state index in [0.717, 1.165) is 6.54 Å². The molecule has 30 heavy (non-hydrogen) atoms. The van der Waals surface area contributed by atoms with Gasteiger partial charge in [0.1, 0.15) is 11.5 Å². The van der Waals surface area contributed by atoms with Crippen LogP contribution in [-0.2, 0) is 9.59 Å². The van der Waals surface area contributed by atoms with Crippen LogP contribution in [0.4, 0.5) is 0 Å². The Bertz CT molecular complexity index is 969. The number of aliphatic hydroxyl groups excluding tert-OH is 1. The van der Waals surface area contributed by atoms with E-state index in [0.29, 0.717) is 34.9 Å². The third-order valence-electron chi connectivity index (χ3n) is 5.07. The van der Waals surface area contributed by atoms with Crippen LogP contribution in [-0.4, -0.2) is 60.9 Å². The van der Waals surface area contributed by atoms with Crippen molar-refractivity contribution in [2.75, 3.05) is 34.3 Å². The summed E-state index contributed by atoms with van der Waals surface area (Å²) in [5, 5.41) is 11.6. The summed E-state index contributed by atoms with van der Waals surface area (Å²) in [7, 11) is 5.43. The standard InChI is InChI=1S/C23H25ClN2O4/c1-25(2)12-5-13-26-20(15-8-10-17(24)11-9-15)19(22(28)23(26)29)21(27)16-6-4-7-18(14-16)30-3/h4,6-11,14,20,27H,5,12-13H2,1-3H3/b21-19-. The Morgan fingerprint density at radius 2 is 1.87 bits per heavy atom. The Hall–Kier alpha value is -2.83. The number of amides is 1. The highest BCUT2D eigenvalue weighted by molar-refractivity contribution is 6.46. The number of carbonyl (C=O) groups is 2. The number of likely N-dealkylation sites (tertiary alicyclic amines) is 1. The zero-order valence-electron chi connectivity index (χ0n) is 17.3. The number of methoxy groups -OCH3 is 1. The summed E-state index contributed by atoms with van der Waals surface area (Å²) >= 11 is 6.03. The van der Waals surface area contributed by atoms with Crippen LogP contribution in [0.2, 0.25) is 5.02 Å². The van der Waals surface area contributed by atoms with Crippen LogP contribution in [0.25, 0.3) is 5.76 Å². The molecule has 3 rings (SSSR count). The molecule has 0 saturated carbocycles. The van der Waals surface area contributed by atoms with Crippen LogP contribution in [0.5, 0.6) is 5.75 Å². The smallest absolute Gasteiger partial charge is 0.295 e. The molecule has 158 valence electrons. The van der Waals surface area contributed by atoms with Crippen LogP contribution >= 0.6 is 11.6 Å². The quantitative estimate of drug-likeness (QED) is 0.413. The zero-order valence-corrected chi connectivity index (χ0v) is 18.0. The summed E-state index contributed by atoms with van der Waals surface area (Å²) in [6, 6.07) is 13.1. The van der Waals surface area contributed by atoms with E-state index in [-0.39, 0.29) is 11.3 Å². The Kier molecular flexibility index (Phi) is 6.80. The lowest BCUT2D eigenvalue weighted by atomic mass is 9.95. The summed E-state index contributed by atoms with van der Waals surface area (Å²) in [5.41, 5.74) is 1.20. The summed E-state index contributed by atoms with van der Waals surface area (Å²) in [6.07, 6.45) is 0.698. The Morgan fingerprint density at radius 1 is 1.17 bits per heavy atom. The Morgan fingerprint density at radius 3 is 2.50 bits per heavy atom. The number of halogens is 1. The molecular formula is C23H25ClN2O4. The van der Waals surface area contributed by atoms with Gasteiger partial charge in [-0.1, -0.05) is 35.9 Å². The average Bonchev–Trinajstić information content (AvgIpc) is 2.98. The lowest BCUT2D eigenvalue weighted by molar-refractivity contribution is -0.139. The Balaban J connectivity index is 2.09. The molecule has 1 heterocycles. The van der Waals surface area contributed by atoms with E-state index < -0.39 is 17.7 Å². The maximum absolute atomic E-state index is 13.0. The maximum Gasteiger partial charge on any atom is 0.295 e. The van der Waals surface area contributed by atoms with Crippen molar-refractivity contribution in [2.24, 2.45) is 0 Å².